The molecule has 4 nitrogen and oxygen atoms in total. The van der Waals surface area contributed by atoms with Gasteiger partial charge in [-0.3, -0.25) is 9.69 Å². The van der Waals surface area contributed by atoms with Gasteiger partial charge in [-0.25, -0.2) is 0 Å². The van der Waals surface area contributed by atoms with E-state index in [1.807, 2.05) is 25.1 Å². The molecule has 0 bridgehead atoms. The summed E-state index contributed by atoms with van der Waals surface area (Å²) in [7, 11) is 0. The molecule has 1 aromatic rings. The average Bonchev–Trinajstić information content (AvgIpc) is 2.43. The Morgan fingerprint density at radius 1 is 1.45 bits per heavy atom. The van der Waals surface area contributed by atoms with Crippen LogP contribution in [0.5, 0.6) is 5.75 Å². The van der Waals surface area contributed by atoms with Crippen molar-refractivity contribution in [3.8, 4) is 5.75 Å². The molecule has 1 fully saturated rings. The van der Waals surface area contributed by atoms with Crippen LogP contribution in [0.25, 0.3) is 0 Å². The minimum Gasteiger partial charge on any atom is -0.494 e. The van der Waals surface area contributed by atoms with E-state index in [2.05, 4.69) is 17.9 Å². The highest BCUT2D eigenvalue weighted by Crippen LogP contribution is 2.27. The third-order valence-corrected chi connectivity index (χ3v) is 4.01. The lowest BCUT2D eigenvalue weighted by atomic mass is 9.91. The summed E-state index contributed by atoms with van der Waals surface area (Å²) in [6, 6.07) is 8.37. The van der Waals surface area contributed by atoms with E-state index in [0.29, 0.717) is 12.6 Å². The largest absolute Gasteiger partial charge is 0.494 e. The summed E-state index contributed by atoms with van der Waals surface area (Å²) >= 11 is 0. The highest BCUT2D eigenvalue weighted by atomic mass is 16.5. The van der Waals surface area contributed by atoms with Crippen LogP contribution in [0, 0.1) is 5.92 Å². The molecule has 1 aromatic carbocycles. The van der Waals surface area contributed by atoms with Gasteiger partial charge in [0.15, 0.2) is 0 Å². The van der Waals surface area contributed by atoms with Crippen molar-refractivity contribution < 1.29 is 14.6 Å². The van der Waals surface area contributed by atoms with E-state index in [1.54, 1.807) is 0 Å². The van der Waals surface area contributed by atoms with Gasteiger partial charge in [0.25, 0.3) is 0 Å². The second-order valence-corrected chi connectivity index (χ2v) is 5.42. The van der Waals surface area contributed by atoms with Crippen molar-refractivity contribution in [2.75, 3.05) is 13.2 Å². The third-order valence-electron chi connectivity index (χ3n) is 4.01. The van der Waals surface area contributed by atoms with Crippen molar-refractivity contribution >= 4 is 5.97 Å². The number of carboxylic acids is 1. The number of carboxylic acid groups (broad SMARTS) is 1. The summed E-state index contributed by atoms with van der Waals surface area (Å²) in [6.07, 6.45) is 1.46. The predicted molar refractivity (Wildman–Crippen MR) is 77.8 cm³/mol. The number of hydrogen-bond acceptors (Lipinski definition) is 3. The second kappa shape index (κ2) is 6.75. The van der Waals surface area contributed by atoms with Gasteiger partial charge in [0.2, 0.25) is 0 Å². The summed E-state index contributed by atoms with van der Waals surface area (Å²) in [4.78, 5) is 13.4. The Kier molecular flexibility index (Phi) is 5.01. The fraction of sp³-hybridized carbons (Fsp3) is 0.562. The van der Waals surface area contributed by atoms with Gasteiger partial charge in [0.1, 0.15) is 5.75 Å². The minimum atomic E-state index is -0.661. The lowest BCUT2D eigenvalue weighted by Gasteiger charge is -2.36. The first kappa shape index (κ1) is 14.9. The number of ether oxygens (including phenoxy) is 1. The van der Waals surface area contributed by atoms with E-state index in [-0.39, 0.29) is 5.92 Å². The van der Waals surface area contributed by atoms with E-state index in [9.17, 15) is 4.79 Å². The zero-order valence-corrected chi connectivity index (χ0v) is 12.2. The molecule has 1 aliphatic rings. The number of para-hydroxylation sites is 1. The third kappa shape index (κ3) is 3.51. The number of rotatable bonds is 5. The van der Waals surface area contributed by atoms with Gasteiger partial charge in [-0.05, 0) is 39.3 Å². The molecule has 2 atom stereocenters. The van der Waals surface area contributed by atoms with Crippen LogP contribution >= 0.6 is 0 Å². The van der Waals surface area contributed by atoms with Crippen LogP contribution in [0.2, 0.25) is 0 Å². The molecule has 0 saturated carbocycles. The van der Waals surface area contributed by atoms with Gasteiger partial charge >= 0.3 is 5.97 Å². The van der Waals surface area contributed by atoms with Crippen LogP contribution < -0.4 is 4.74 Å². The van der Waals surface area contributed by atoms with E-state index in [4.69, 9.17) is 9.84 Å². The highest BCUT2D eigenvalue weighted by Gasteiger charge is 2.29. The molecular weight excluding hydrogens is 254 g/mol. The summed E-state index contributed by atoms with van der Waals surface area (Å²) in [5.41, 5.74) is 1.18. The first-order chi connectivity index (χ1) is 9.61. The van der Waals surface area contributed by atoms with E-state index >= 15 is 0 Å². The second-order valence-electron chi connectivity index (χ2n) is 5.42. The number of carbonyl (C=O) groups is 1. The van der Waals surface area contributed by atoms with Gasteiger partial charge in [-0.1, -0.05) is 18.2 Å². The molecule has 4 heteroatoms. The summed E-state index contributed by atoms with van der Waals surface area (Å²) in [5, 5.41) is 9.11. The quantitative estimate of drug-likeness (QED) is 0.899. The predicted octanol–water partition coefficient (Wildman–Crippen LogP) is 2.77. The minimum absolute atomic E-state index is 0.191. The molecule has 1 heterocycles. The molecule has 110 valence electrons. The van der Waals surface area contributed by atoms with Gasteiger partial charge in [-0.2, -0.15) is 0 Å². The fourth-order valence-corrected chi connectivity index (χ4v) is 2.83. The first-order valence-electron chi connectivity index (χ1n) is 7.29. The van der Waals surface area contributed by atoms with Crippen LogP contribution in [0.4, 0.5) is 0 Å². The zero-order valence-electron chi connectivity index (χ0n) is 12.2. The highest BCUT2D eigenvalue weighted by molar-refractivity contribution is 5.70. The van der Waals surface area contributed by atoms with Gasteiger partial charge < -0.3 is 9.84 Å². The SMILES string of the molecule is CCOc1ccccc1CN1CCC(C(=O)O)CC1C. The lowest BCUT2D eigenvalue weighted by molar-refractivity contribution is -0.144. The maximum atomic E-state index is 11.1. The van der Waals surface area contributed by atoms with Crippen molar-refractivity contribution in [1.29, 1.82) is 0 Å². The van der Waals surface area contributed by atoms with Gasteiger partial charge in [0.05, 0.1) is 12.5 Å². The Labute approximate surface area is 120 Å². The van der Waals surface area contributed by atoms with Crippen molar-refractivity contribution in [3.63, 3.8) is 0 Å². The molecule has 0 spiro atoms. The number of benzene rings is 1. The molecule has 0 aliphatic carbocycles. The van der Waals surface area contributed by atoms with Gasteiger partial charge in [0, 0.05) is 18.2 Å². The molecule has 1 saturated heterocycles. The fourth-order valence-electron chi connectivity index (χ4n) is 2.83. The van der Waals surface area contributed by atoms with Crippen LogP contribution in [-0.4, -0.2) is 35.2 Å². The standard InChI is InChI=1S/C16H23NO3/c1-3-20-15-7-5-4-6-14(15)11-17-9-8-13(16(18)19)10-12(17)2/h4-7,12-13H,3,8-11H2,1-2H3,(H,18,19). The number of nitrogens with zero attached hydrogens (tertiary/aromatic N) is 1. The molecule has 2 unspecified atom stereocenters. The smallest absolute Gasteiger partial charge is 0.306 e. The van der Waals surface area contributed by atoms with Crippen molar-refractivity contribution in [2.45, 2.75) is 39.3 Å². The van der Waals surface area contributed by atoms with Crippen molar-refractivity contribution in [3.05, 3.63) is 29.8 Å². The number of hydrogen-bond donors (Lipinski definition) is 1. The normalized spacial score (nSPS) is 23.5. The van der Waals surface area contributed by atoms with E-state index in [1.165, 1.54) is 5.56 Å². The molecule has 0 amide bonds. The topological polar surface area (TPSA) is 49.8 Å². The molecule has 0 aromatic heterocycles. The number of likely N-dealkylation sites (tertiary alicyclic amines) is 1. The lowest BCUT2D eigenvalue weighted by Crippen LogP contribution is -2.42. The maximum absolute atomic E-state index is 11.1. The van der Waals surface area contributed by atoms with E-state index in [0.717, 1.165) is 31.7 Å². The first-order valence-corrected chi connectivity index (χ1v) is 7.29. The Morgan fingerprint density at radius 3 is 2.85 bits per heavy atom. The van der Waals surface area contributed by atoms with Crippen LogP contribution in [-0.2, 0) is 11.3 Å². The van der Waals surface area contributed by atoms with E-state index < -0.39 is 5.97 Å². The molecule has 1 N–H and O–H groups in total. The summed E-state index contributed by atoms with van der Waals surface area (Å²) < 4.78 is 5.65. The Bertz CT molecular complexity index is 461. The van der Waals surface area contributed by atoms with Crippen LogP contribution in [0.1, 0.15) is 32.3 Å². The maximum Gasteiger partial charge on any atom is 0.306 e. The number of piperidine rings is 1. The Hall–Kier alpha value is -1.55. The summed E-state index contributed by atoms with van der Waals surface area (Å²) in [6.45, 7) is 6.41. The monoisotopic (exact) mass is 277 g/mol. The average molecular weight is 277 g/mol. The molecule has 20 heavy (non-hydrogen) atoms. The Balaban J connectivity index is 2.02. The van der Waals surface area contributed by atoms with Crippen molar-refractivity contribution in [1.82, 2.24) is 4.90 Å². The molecular formula is C16H23NO3. The van der Waals surface area contributed by atoms with Gasteiger partial charge in [-0.15, -0.1) is 0 Å². The Morgan fingerprint density at radius 2 is 2.20 bits per heavy atom. The van der Waals surface area contributed by atoms with Crippen LogP contribution in [0.3, 0.4) is 0 Å². The number of aliphatic carboxylic acids is 1. The van der Waals surface area contributed by atoms with Crippen molar-refractivity contribution in [2.24, 2.45) is 5.92 Å². The zero-order chi connectivity index (χ0) is 14.5. The van der Waals surface area contributed by atoms with Crippen LogP contribution in [0.15, 0.2) is 24.3 Å². The molecule has 2 rings (SSSR count). The molecule has 1 aliphatic heterocycles. The molecule has 0 radical (unpaired) electrons. The summed E-state index contributed by atoms with van der Waals surface area (Å²) in [5.74, 6) is 0.0807.